The molecule has 3 atom stereocenters. The number of ether oxygens (including phenoxy) is 1. The van der Waals surface area contributed by atoms with Gasteiger partial charge in [0.1, 0.15) is 0 Å². The van der Waals surface area contributed by atoms with E-state index in [0.717, 1.165) is 12.1 Å². The first-order valence-corrected chi connectivity index (χ1v) is 5.87. The number of halogens is 3. The molecule has 2 N–H and O–H groups in total. The fourth-order valence-electron chi connectivity index (χ4n) is 1.58. The molecule has 112 valence electrons. The number of alkyl halides is 3. The monoisotopic (exact) mass is 292 g/mol. The minimum atomic E-state index is -4.68. The number of aliphatic hydroxyl groups is 1. The zero-order valence-electron chi connectivity index (χ0n) is 10.9. The van der Waals surface area contributed by atoms with Gasteiger partial charge < -0.3 is 14.9 Å². The van der Waals surface area contributed by atoms with Crippen molar-refractivity contribution in [3.05, 3.63) is 35.4 Å². The molecule has 1 rings (SSSR count). The highest BCUT2D eigenvalue weighted by molar-refractivity contribution is 5.75. The summed E-state index contributed by atoms with van der Waals surface area (Å²) in [5.74, 6) is -1.55. The smallest absolute Gasteiger partial charge is 0.416 e. The normalized spacial score (nSPS) is 16.5. The van der Waals surface area contributed by atoms with Gasteiger partial charge >= 0.3 is 12.1 Å². The van der Waals surface area contributed by atoms with Gasteiger partial charge in [-0.15, -0.1) is 0 Å². The topological polar surface area (TPSA) is 66.8 Å². The van der Waals surface area contributed by atoms with Gasteiger partial charge in [-0.1, -0.05) is 18.2 Å². The molecular weight excluding hydrogens is 277 g/mol. The Morgan fingerprint density at radius 1 is 1.25 bits per heavy atom. The lowest BCUT2D eigenvalue weighted by Crippen LogP contribution is -2.29. The summed E-state index contributed by atoms with van der Waals surface area (Å²) >= 11 is 0. The number of benzene rings is 1. The second-order valence-electron chi connectivity index (χ2n) is 4.39. The number of hydrogen-bond donors (Lipinski definition) is 2. The summed E-state index contributed by atoms with van der Waals surface area (Å²) in [7, 11) is 0. The number of carboxylic acids is 1. The molecule has 0 aliphatic rings. The van der Waals surface area contributed by atoms with Crippen LogP contribution < -0.4 is 0 Å². The second kappa shape index (κ2) is 6.23. The van der Waals surface area contributed by atoms with E-state index in [1.807, 2.05) is 0 Å². The number of carbonyl (C=O) groups is 1. The van der Waals surface area contributed by atoms with Crippen molar-refractivity contribution in [1.29, 1.82) is 0 Å². The molecule has 0 saturated heterocycles. The fraction of sp³-hybridized carbons (Fsp3) is 0.462. The van der Waals surface area contributed by atoms with E-state index in [-0.39, 0.29) is 0 Å². The van der Waals surface area contributed by atoms with Crippen LogP contribution in [-0.4, -0.2) is 28.4 Å². The predicted octanol–water partition coefficient (Wildman–Crippen LogP) is 2.62. The van der Waals surface area contributed by atoms with E-state index < -0.39 is 41.6 Å². The standard InChI is InChI=1S/C13H15F3O4/c1-7(17)8(2)20-11(12(18)19)9-5-3-4-6-10(9)13(14,15)16/h3-8,11,17H,1-2H3,(H,18,19). The molecule has 7 heteroatoms. The molecule has 20 heavy (non-hydrogen) atoms. The molecular formula is C13H15F3O4. The summed E-state index contributed by atoms with van der Waals surface area (Å²) in [4.78, 5) is 11.2. The molecule has 0 radical (unpaired) electrons. The van der Waals surface area contributed by atoms with Crippen LogP contribution in [0.4, 0.5) is 13.2 Å². The molecule has 3 unspecified atom stereocenters. The van der Waals surface area contributed by atoms with E-state index in [2.05, 4.69) is 0 Å². The summed E-state index contributed by atoms with van der Waals surface area (Å²) in [6, 6.07) is 4.32. The molecule has 4 nitrogen and oxygen atoms in total. The van der Waals surface area contributed by atoms with E-state index in [9.17, 15) is 23.1 Å². The highest BCUT2D eigenvalue weighted by Gasteiger charge is 2.37. The zero-order valence-corrected chi connectivity index (χ0v) is 10.9. The van der Waals surface area contributed by atoms with Crippen molar-refractivity contribution in [2.75, 3.05) is 0 Å². The van der Waals surface area contributed by atoms with Gasteiger partial charge in [0.15, 0.2) is 6.10 Å². The lowest BCUT2D eigenvalue weighted by Gasteiger charge is -2.23. The Morgan fingerprint density at radius 2 is 1.80 bits per heavy atom. The van der Waals surface area contributed by atoms with Gasteiger partial charge in [0.25, 0.3) is 0 Å². The lowest BCUT2D eigenvalue weighted by molar-refractivity contribution is -0.160. The Morgan fingerprint density at radius 3 is 2.25 bits per heavy atom. The predicted molar refractivity (Wildman–Crippen MR) is 64.0 cm³/mol. The van der Waals surface area contributed by atoms with Crippen molar-refractivity contribution in [3.63, 3.8) is 0 Å². The molecule has 0 spiro atoms. The molecule has 1 aromatic rings. The van der Waals surface area contributed by atoms with Crippen molar-refractivity contribution < 1.29 is 32.9 Å². The number of hydrogen-bond acceptors (Lipinski definition) is 3. The summed E-state index contributed by atoms with van der Waals surface area (Å²) in [5, 5.41) is 18.4. The van der Waals surface area contributed by atoms with E-state index in [4.69, 9.17) is 9.84 Å². The van der Waals surface area contributed by atoms with Gasteiger partial charge in [-0.05, 0) is 19.9 Å². The zero-order chi connectivity index (χ0) is 15.5. The number of rotatable bonds is 5. The minimum absolute atomic E-state index is 0.486. The van der Waals surface area contributed by atoms with Gasteiger partial charge in [0.05, 0.1) is 17.8 Å². The number of aliphatic hydroxyl groups excluding tert-OH is 1. The summed E-state index contributed by atoms with van der Waals surface area (Å²) in [5.41, 5.74) is -1.55. The van der Waals surface area contributed by atoms with Gasteiger partial charge in [0, 0.05) is 5.56 Å². The van der Waals surface area contributed by atoms with Crippen LogP contribution in [0.2, 0.25) is 0 Å². The van der Waals surface area contributed by atoms with E-state index in [1.165, 1.54) is 26.0 Å². The molecule has 0 amide bonds. The van der Waals surface area contributed by atoms with E-state index in [0.29, 0.717) is 0 Å². The fourth-order valence-corrected chi connectivity index (χ4v) is 1.58. The van der Waals surface area contributed by atoms with E-state index in [1.54, 1.807) is 0 Å². The van der Waals surface area contributed by atoms with Crippen LogP contribution in [0.3, 0.4) is 0 Å². The highest BCUT2D eigenvalue weighted by Crippen LogP contribution is 2.36. The van der Waals surface area contributed by atoms with Gasteiger partial charge in [-0.2, -0.15) is 13.2 Å². The van der Waals surface area contributed by atoms with Gasteiger partial charge in [0.2, 0.25) is 0 Å². The van der Waals surface area contributed by atoms with Crippen molar-refractivity contribution in [1.82, 2.24) is 0 Å². The summed E-state index contributed by atoms with van der Waals surface area (Å²) < 4.78 is 43.7. The Bertz CT molecular complexity index is 471. The average Bonchev–Trinajstić information content (AvgIpc) is 2.34. The van der Waals surface area contributed by atoms with Crippen molar-refractivity contribution in [2.45, 2.75) is 38.3 Å². The molecule has 1 aromatic carbocycles. The first-order valence-electron chi connectivity index (χ1n) is 5.87. The van der Waals surface area contributed by atoms with Crippen LogP contribution in [0.5, 0.6) is 0 Å². The Balaban J connectivity index is 3.20. The van der Waals surface area contributed by atoms with E-state index >= 15 is 0 Å². The van der Waals surface area contributed by atoms with Crippen LogP contribution in [0.1, 0.15) is 31.1 Å². The molecule has 0 aliphatic heterocycles. The third kappa shape index (κ3) is 3.94. The van der Waals surface area contributed by atoms with Crippen molar-refractivity contribution in [3.8, 4) is 0 Å². The third-order valence-corrected chi connectivity index (χ3v) is 2.80. The van der Waals surface area contributed by atoms with Gasteiger partial charge in [-0.25, -0.2) is 4.79 Å². The quantitative estimate of drug-likeness (QED) is 0.875. The maximum absolute atomic E-state index is 12.9. The largest absolute Gasteiger partial charge is 0.479 e. The maximum Gasteiger partial charge on any atom is 0.416 e. The Hall–Kier alpha value is -1.60. The Labute approximate surface area is 113 Å². The van der Waals surface area contributed by atoms with Crippen molar-refractivity contribution in [2.24, 2.45) is 0 Å². The number of aliphatic carboxylic acids is 1. The second-order valence-corrected chi connectivity index (χ2v) is 4.39. The van der Waals surface area contributed by atoms with Crippen LogP contribution in [0.25, 0.3) is 0 Å². The molecule has 0 aliphatic carbocycles. The molecule has 0 fully saturated rings. The lowest BCUT2D eigenvalue weighted by atomic mass is 10.0. The van der Waals surface area contributed by atoms with Crippen LogP contribution >= 0.6 is 0 Å². The summed E-state index contributed by atoms with van der Waals surface area (Å²) in [6.45, 7) is 2.75. The molecule has 0 aromatic heterocycles. The average molecular weight is 292 g/mol. The maximum atomic E-state index is 12.9. The SMILES string of the molecule is CC(O)C(C)OC(C(=O)O)c1ccccc1C(F)(F)F. The minimum Gasteiger partial charge on any atom is -0.479 e. The summed E-state index contributed by atoms with van der Waals surface area (Å²) in [6.07, 6.45) is -8.40. The number of carboxylic acid groups (broad SMARTS) is 1. The first kappa shape index (κ1) is 16.5. The molecule has 0 heterocycles. The first-order chi connectivity index (χ1) is 9.14. The third-order valence-electron chi connectivity index (χ3n) is 2.80. The molecule has 0 bridgehead atoms. The molecule has 0 saturated carbocycles. The van der Waals surface area contributed by atoms with Crippen LogP contribution in [0, 0.1) is 0 Å². The van der Waals surface area contributed by atoms with Crippen molar-refractivity contribution >= 4 is 5.97 Å². The Kier molecular flexibility index (Phi) is 5.13. The van der Waals surface area contributed by atoms with Crippen LogP contribution in [0.15, 0.2) is 24.3 Å². The highest BCUT2D eigenvalue weighted by atomic mass is 19.4. The van der Waals surface area contributed by atoms with Gasteiger partial charge in [-0.3, -0.25) is 0 Å². The van der Waals surface area contributed by atoms with Crippen LogP contribution in [-0.2, 0) is 15.7 Å².